The number of hydrogen-bond donors (Lipinski definition) is 0. The molecule has 0 bridgehead atoms. The van der Waals surface area contributed by atoms with Gasteiger partial charge in [-0.25, -0.2) is 14.4 Å². The molecule has 1 aliphatic heterocycles. The number of aryl methyl sites for hydroxylation is 2. The highest BCUT2D eigenvalue weighted by atomic mass is 19.1. The van der Waals surface area contributed by atoms with Crippen LogP contribution in [0.5, 0.6) is 0 Å². The fraction of sp³-hybridized carbons (Fsp3) is 0.417. The summed E-state index contributed by atoms with van der Waals surface area (Å²) in [7, 11) is 3.77. The third kappa shape index (κ3) is 4.22. The molecule has 4 rings (SSSR count). The van der Waals surface area contributed by atoms with Crippen molar-refractivity contribution >= 4 is 11.9 Å². The number of likely N-dealkylation sites (tertiary alicyclic amines) is 1. The van der Waals surface area contributed by atoms with Gasteiger partial charge >= 0.3 is 0 Å². The van der Waals surface area contributed by atoms with E-state index in [9.17, 15) is 9.18 Å². The standard InChI is InChI=1S/C24H28FN5O2/c1-15-16(2)28-32-23(15)18-14-26-24(29(3)4)27-22(18)20-10-7-13-30(20)21(31)12-11-17-8-5-6-9-19(17)25/h5-6,8-9,14,20H,7,10-13H2,1-4H3. The summed E-state index contributed by atoms with van der Waals surface area (Å²) in [4.78, 5) is 26.2. The van der Waals surface area contributed by atoms with Crippen LogP contribution in [-0.2, 0) is 11.2 Å². The van der Waals surface area contributed by atoms with E-state index >= 15 is 0 Å². The summed E-state index contributed by atoms with van der Waals surface area (Å²) in [5, 5.41) is 4.09. The van der Waals surface area contributed by atoms with Crippen molar-refractivity contribution < 1.29 is 13.7 Å². The molecule has 1 aliphatic rings. The summed E-state index contributed by atoms with van der Waals surface area (Å²) in [6.07, 6.45) is 4.05. The van der Waals surface area contributed by atoms with E-state index in [0.29, 0.717) is 30.2 Å². The first kappa shape index (κ1) is 21.9. The fourth-order valence-corrected chi connectivity index (χ4v) is 4.13. The minimum Gasteiger partial charge on any atom is -0.356 e. The van der Waals surface area contributed by atoms with Crippen LogP contribution in [0.15, 0.2) is 35.0 Å². The van der Waals surface area contributed by atoms with E-state index in [4.69, 9.17) is 9.51 Å². The highest BCUT2D eigenvalue weighted by Crippen LogP contribution is 2.38. The second kappa shape index (κ2) is 9.06. The van der Waals surface area contributed by atoms with Crippen molar-refractivity contribution in [2.45, 2.75) is 45.6 Å². The van der Waals surface area contributed by atoms with Gasteiger partial charge in [-0.3, -0.25) is 4.79 Å². The van der Waals surface area contributed by atoms with E-state index < -0.39 is 0 Å². The lowest BCUT2D eigenvalue weighted by Gasteiger charge is -2.26. The molecule has 1 unspecified atom stereocenters. The Morgan fingerprint density at radius 1 is 1.28 bits per heavy atom. The second-order valence-corrected chi connectivity index (χ2v) is 8.42. The molecule has 3 heterocycles. The van der Waals surface area contributed by atoms with Crippen LogP contribution in [-0.4, -0.2) is 46.6 Å². The second-order valence-electron chi connectivity index (χ2n) is 8.42. The molecule has 2 aromatic heterocycles. The van der Waals surface area contributed by atoms with Gasteiger partial charge < -0.3 is 14.3 Å². The highest BCUT2D eigenvalue weighted by Gasteiger charge is 2.34. The molecule has 0 spiro atoms. The van der Waals surface area contributed by atoms with Crippen LogP contribution >= 0.6 is 0 Å². The van der Waals surface area contributed by atoms with Gasteiger partial charge in [0.2, 0.25) is 11.9 Å². The summed E-state index contributed by atoms with van der Waals surface area (Å²) in [5.74, 6) is 0.928. The summed E-state index contributed by atoms with van der Waals surface area (Å²) in [6, 6.07) is 6.41. The number of carbonyl (C=O) groups is 1. The number of carbonyl (C=O) groups excluding carboxylic acids is 1. The van der Waals surface area contributed by atoms with Crippen LogP contribution in [0, 0.1) is 19.7 Å². The van der Waals surface area contributed by atoms with Gasteiger partial charge in [0.1, 0.15) is 5.82 Å². The van der Waals surface area contributed by atoms with Gasteiger partial charge in [0, 0.05) is 38.8 Å². The monoisotopic (exact) mass is 437 g/mol. The molecular formula is C24H28FN5O2. The first-order chi connectivity index (χ1) is 15.4. The topological polar surface area (TPSA) is 75.4 Å². The molecule has 1 aromatic carbocycles. The molecule has 1 saturated heterocycles. The van der Waals surface area contributed by atoms with Crippen molar-refractivity contribution in [3.05, 3.63) is 58.8 Å². The molecule has 8 heteroatoms. The maximum Gasteiger partial charge on any atom is 0.225 e. The van der Waals surface area contributed by atoms with Crippen LogP contribution in [0.2, 0.25) is 0 Å². The predicted molar refractivity (Wildman–Crippen MR) is 120 cm³/mol. The van der Waals surface area contributed by atoms with E-state index in [1.807, 2.05) is 37.7 Å². The molecule has 168 valence electrons. The van der Waals surface area contributed by atoms with E-state index in [-0.39, 0.29) is 24.2 Å². The summed E-state index contributed by atoms with van der Waals surface area (Å²) < 4.78 is 19.6. The average Bonchev–Trinajstić information content (AvgIpc) is 3.40. The molecule has 3 aromatic rings. The molecule has 1 fully saturated rings. The SMILES string of the molecule is Cc1noc(-c2cnc(N(C)C)nc2C2CCCN2C(=O)CCc2ccccc2F)c1C. The molecule has 1 atom stereocenters. The van der Waals surface area contributed by atoms with Crippen LogP contribution in [0.25, 0.3) is 11.3 Å². The molecule has 32 heavy (non-hydrogen) atoms. The minimum atomic E-state index is -0.275. The third-order valence-corrected chi connectivity index (χ3v) is 6.06. The predicted octanol–water partition coefficient (Wildman–Crippen LogP) is 4.25. The number of rotatable bonds is 6. The quantitative estimate of drug-likeness (QED) is 0.574. The van der Waals surface area contributed by atoms with Crippen molar-refractivity contribution in [3.63, 3.8) is 0 Å². The van der Waals surface area contributed by atoms with E-state index in [0.717, 1.165) is 35.4 Å². The van der Waals surface area contributed by atoms with E-state index in [1.54, 1.807) is 24.4 Å². The molecule has 0 N–H and O–H groups in total. The number of amides is 1. The smallest absolute Gasteiger partial charge is 0.225 e. The fourth-order valence-electron chi connectivity index (χ4n) is 4.13. The molecule has 7 nitrogen and oxygen atoms in total. The number of aromatic nitrogens is 3. The van der Waals surface area contributed by atoms with Gasteiger partial charge in [-0.2, -0.15) is 0 Å². The Morgan fingerprint density at radius 2 is 2.06 bits per heavy atom. The van der Waals surface area contributed by atoms with Crippen LogP contribution in [0.4, 0.5) is 10.3 Å². The van der Waals surface area contributed by atoms with Crippen LogP contribution < -0.4 is 4.90 Å². The Hall–Kier alpha value is -3.29. The molecule has 0 saturated carbocycles. The Bertz CT molecular complexity index is 1130. The lowest BCUT2D eigenvalue weighted by atomic mass is 10.0. The normalized spacial score (nSPS) is 15.9. The Morgan fingerprint density at radius 3 is 2.75 bits per heavy atom. The Balaban J connectivity index is 1.65. The summed E-state index contributed by atoms with van der Waals surface area (Å²) in [6.45, 7) is 4.50. The van der Waals surface area contributed by atoms with Crippen molar-refractivity contribution in [1.82, 2.24) is 20.0 Å². The van der Waals surface area contributed by atoms with Crippen molar-refractivity contribution in [2.24, 2.45) is 0 Å². The molecular weight excluding hydrogens is 409 g/mol. The number of nitrogens with zero attached hydrogens (tertiary/aromatic N) is 5. The van der Waals surface area contributed by atoms with Gasteiger partial charge in [0.05, 0.1) is 23.0 Å². The van der Waals surface area contributed by atoms with Crippen molar-refractivity contribution in [3.8, 4) is 11.3 Å². The zero-order chi connectivity index (χ0) is 22.8. The summed E-state index contributed by atoms with van der Waals surface area (Å²) in [5.41, 5.74) is 3.82. The molecule has 1 amide bonds. The Labute approximate surface area is 187 Å². The summed E-state index contributed by atoms with van der Waals surface area (Å²) >= 11 is 0. The molecule has 0 radical (unpaired) electrons. The highest BCUT2D eigenvalue weighted by molar-refractivity contribution is 5.78. The van der Waals surface area contributed by atoms with E-state index in [2.05, 4.69) is 10.1 Å². The lowest BCUT2D eigenvalue weighted by Crippen LogP contribution is -2.32. The van der Waals surface area contributed by atoms with Crippen LogP contribution in [0.1, 0.15) is 47.8 Å². The lowest BCUT2D eigenvalue weighted by molar-refractivity contribution is -0.132. The number of halogens is 1. The van der Waals surface area contributed by atoms with Gasteiger partial charge in [-0.1, -0.05) is 23.4 Å². The van der Waals surface area contributed by atoms with Crippen molar-refractivity contribution in [1.29, 1.82) is 0 Å². The van der Waals surface area contributed by atoms with Gasteiger partial charge in [-0.15, -0.1) is 0 Å². The maximum atomic E-state index is 14.0. The number of benzene rings is 1. The van der Waals surface area contributed by atoms with Crippen LogP contribution in [0.3, 0.4) is 0 Å². The van der Waals surface area contributed by atoms with Gasteiger partial charge in [0.15, 0.2) is 5.76 Å². The largest absolute Gasteiger partial charge is 0.356 e. The van der Waals surface area contributed by atoms with Gasteiger partial charge in [0.25, 0.3) is 0 Å². The first-order valence-electron chi connectivity index (χ1n) is 10.9. The zero-order valence-electron chi connectivity index (χ0n) is 18.9. The maximum absolute atomic E-state index is 14.0. The zero-order valence-corrected chi connectivity index (χ0v) is 18.9. The number of anilines is 1. The Kier molecular flexibility index (Phi) is 6.21. The third-order valence-electron chi connectivity index (χ3n) is 6.06. The average molecular weight is 438 g/mol. The van der Waals surface area contributed by atoms with Crippen molar-refractivity contribution in [2.75, 3.05) is 25.5 Å². The number of hydrogen-bond acceptors (Lipinski definition) is 6. The van der Waals surface area contributed by atoms with E-state index in [1.165, 1.54) is 6.07 Å². The minimum absolute atomic E-state index is 0.00260. The first-order valence-corrected chi connectivity index (χ1v) is 10.9. The molecule has 0 aliphatic carbocycles. The van der Waals surface area contributed by atoms with Gasteiger partial charge in [-0.05, 0) is 44.7 Å².